The van der Waals surface area contributed by atoms with Crippen LogP contribution in [0.2, 0.25) is 0 Å². The normalized spacial score (nSPS) is 12.2. The van der Waals surface area contributed by atoms with E-state index in [1.165, 1.54) is 43.2 Å². The fraction of sp³-hybridized carbons (Fsp3) is 0.360. The Morgan fingerprint density at radius 3 is 2.52 bits per heavy atom. The van der Waals surface area contributed by atoms with Crippen molar-refractivity contribution in [1.29, 1.82) is 0 Å². The van der Waals surface area contributed by atoms with Gasteiger partial charge in [0.2, 0.25) is 0 Å². The van der Waals surface area contributed by atoms with Gasteiger partial charge < -0.3 is 0 Å². The van der Waals surface area contributed by atoms with Crippen molar-refractivity contribution >= 4 is 17.2 Å². The molecule has 27 heavy (non-hydrogen) atoms. The lowest BCUT2D eigenvalue weighted by atomic mass is 9.91. The summed E-state index contributed by atoms with van der Waals surface area (Å²) in [5.74, 6) is 0.843. The van der Waals surface area contributed by atoms with Gasteiger partial charge in [-0.15, -0.1) is 0 Å². The molecule has 1 heterocycles. The van der Waals surface area contributed by atoms with Crippen LogP contribution in [0.3, 0.4) is 0 Å². The van der Waals surface area contributed by atoms with Gasteiger partial charge in [0.1, 0.15) is 0 Å². The van der Waals surface area contributed by atoms with Crippen LogP contribution in [-0.4, -0.2) is 11.3 Å². The summed E-state index contributed by atoms with van der Waals surface area (Å²) in [5, 5.41) is 1.03. The standard InChI is InChI=1S/C25H29NO/c1-3-5-7-19(4-2)9-10-20-11-13-21(14-12-20)23-16-15-22(18-27)25-24(23)8-6-17-26-25/h6,8,11-19H,3-5,7,9-10H2,1-2H3. The number of unbranched alkanes of at least 4 members (excludes halogenated alkanes) is 1. The van der Waals surface area contributed by atoms with Crippen LogP contribution < -0.4 is 0 Å². The summed E-state index contributed by atoms with van der Waals surface area (Å²) in [6.45, 7) is 4.58. The lowest BCUT2D eigenvalue weighted by Gasteiger charge is -2.14. The van der Waals surface area contributed by atoms with Crippen molar-refractivity contribution in [2.75, 3.05) is 0 Å². The van der Waals surface area contributed by atoms with Gasteiger partial charge in [-0.3, -0.25) is 9.78 Å². The van der Waals surface area contributed by atoms with Crippen LogP contribution in [-0.2, 0) is 6.42 Å². The van der Waals surface area contributed by atoms with Crippen LogP contribution >= 0.6 is 0 Å². The van der Waals surface area contributed by atoms with Crippen LogP contribution in [0.5, 0.6) is 0 Å². The molecule has 0 aliphatic heterocycles. The topological polar surface area (TPSA) is 30.0 Å². The molecule has 0 bridgehead atoms. The second kappa shape index (κ2) is 9.45. The Hall–Kier alpha value is -2.48. The summed E-state index contributed by atoms with van der Waals surface area (Å²) < 4.78 is 0. The van der Waals surface area contributed by atoms with E-state index in [1.54, 1.807) is 6.20 Å². The van der Waals surface area contributed by atoms with E-state index < -0.39 is 0 Å². The number of nitrogens with zero attached hydrogens (tertiary/aromatic N) is 1. The average molecular weight is 360 g/mol. The fourth-order valence-electron chi connectivity index (χ4n) is 3.81. The van der Waals surface area contributed by atoms with E-state index >= 15 is 0 Å². The Balaban J connectivity index is 1.78. The van der Waals surface area contributed by atoms with Crippen molar-refractivity contribution in [3.05, 3.63) is 65.9 Å². The molecule has 1 atom stereocenters. The molecular formula is C25H29NO. The zero-order valence-electron chi connectivity index (χ0n) is 16.4. The molecule has 2 nitrogen and oxygen atoms in total. The molecule has 0 N–H and O–H groups in total. The van der Waals surface area contributed by atoms with E-state index in [2.05, 4.69) is 43.1 Å². The third-order valence-corrected chi connectivity index (χ3v) is 5.58. The molecule has 0 saturated heterocycles. The van der Waals surface area contributed by atoms with Crippen molar-refractivity contribution in [2.24, 2.45) is 5.92 Å². The highest BCUT2D eigenvalue weighted by molar-refractivity contribution is 6.03. The Kier molecular flexibility index (Phi) is 6.75. The number of hydrogen-bond acceptors (Lipinski definition) is 2. The molecule has 2 heteroatoms. The van der Waals surface area contributed by atoms with Crippen LogP contribution in [0.25, 0.3) is 22.0 Å². The van der Waals surface area contributed by atoms with Crippen molar-refractivity contribution < 1.29 is 4.79 Å². The second-order valence-electron chi connectivity index (χ2n) is 7.37. The summed E-state index contributed by atoms with van der Waals surface area (Å²) >= 11 is 0. The number of aryl methyl sites for hydroxylation is 1. The van der Waals surface area contributed by atoms with E-state index in [4.69, 9.17) is 0 Å². The van der Waals surface area contributed by atoms with E-state index in [-0.39, 0.29) is 0 Å². The lowest BCUT2D eigenvalue weighted by Crippen LogP contribution is -2.01. The van der Waals surface area contributed by atoms with E-state index in [1.807, 2.05) is 24.3 Å². The van der Waals surface area contributed by atoms with Crippen molar-refractivity contribution in [2.45, 2.75) is 52.4 Å². The fourth-order valence-corrected chi connectivity index (χ4v) is 3.81. The number of hydrogen-bond donors (Lipinski definition) is 0. The predicted molar refractivity (Wildman–Crippen MR) is 114 cm³/mol. The monoisotopic (exact) mass is 359 g/mol. The van der Waals surface area contributed by atoms with Crippen LogP contribution in [0.15, 0.2) is 54.7 Å². The maximum atomic E-state index is 11.3. The average Bonchev–Trinajstić information content (AvgIpc) is 2.73. The van der Waals surface area contributed by atoms with E-state index in [0.29, 0.717) is 5.56 Å². The van der Waals surface area contributed by atoms with Gasteiger partial charge >= 0.3 is 0 Å². The highest BCUT2D eigenvalue weighted by Gasteiger charge is 2.09. The minimum Gasteiger partial charge on any atom is -0.298 e. The molecule has 0 fully saturated rings. The third kappa shape index (κ3) is 4.63. The number of benzene rings is 2. The van der Waals surface area contributed by atoms with E-state index in [9.17, 15) is 4.79 Å². The highest BCUT2D eigenvalue weighted by atomic mass is 16.1. The molecule has 0 amide bonds. The Bertz CT molecular complexity index is 882. The molecule has 3 rings (SSSR count). The molecule has 1 aromatic heterocycles. The quantitative estimate of drug-likeness (QED) is 0.390. The zero-order valence-corrected chi connectivity index (χ0v) is 16.4. The maximum absolute atomic E-state index is 11.3. The first kappa shape index (κ1) is 19.3. The van der Waals surface area contributed by atoms with Gasteiger partial charge in [-0.05, 0) is 47.6 Å². The number of carbonyl (C=O) groups is 1. The Labute approximate surface area is 162 Å². The smallest absolute Gasteiger partial charge is 0.152 e. The van der Waals surface area contributed by atoms with Gasteiger partial charge in [-0.25, -0.2) is 0 Å². The summed E-state index contributed by atoms with van der Waals surface area (Å²) in [6.07, 6.45) is 10.3. The van der Waals surface area contributed by atoms with Crippen molar-refractivity contribution in [3.63, 3.8) is 0 Å². The van der Waals surface area contributed by atoms with Crippen LogP contribution in [0, 0.1) is 5.92 Å². The predicted octanol–water partition coefficient (Wildman–Crippen LogP) is 6.86. The van der Waals surface area contributed by atoms with Crippen molar-refractivity contribution in [3.8, 4) is 11.1 Å². The summed E-state index contributed by atoms with van der Waals surface area (Å²) in [7, 11) is 0. The molecular weight excluding hydrogens is 330 g/mol. The highest BCUT2D eigenvalue weighted by Crippen LogP contribution is 2.30. The largest absolute Gasteiger partial charge is 0.298 e. The maximum Gasteiger partial charge on any atom is 0.152 e. The number of carbonyl (C=O) groups excluding carboxylic acids is 1. The van der Waals surface area contributed by atoms with Gasteiger partial charge in [-0.2, -0.15) is 0 Å². The summed E-state index contributed by atoms with van der Waals surface area (Å²) in [6, 6.07) is 16.8. The lowest BCUT2D eigenvalue weighted by molar-refractivity contribution is 0.112. The number of fused-ring (bicyclic) bond motifs is 1. The zero-order chi connectivity index (χ0) is 19.1. The molecule has 140 valence electrons. The molecule has 3 aromatic rings. The van der Waals surface area contributed by atoms with Gasteiger partial charge in [-0.1, -0.05) is 75.9 Å². The third-order valence-electron chi connectivity index (χ3n) is 5.58. The number of aldehydes is 1. The minimum absolute atomic E-state index is 0.642. The van der Waals surface area contributed by atoms with Crippen molar-refractivity contribution in [1.82, 2.24) is 4.98 Å². The first-order valence-electron chi connectivity index (χ1n) is 10.2. The number of pyridine rings is 1. The Morgan fingerprint density at radius 1 is 1.00 bits per heavy atom. The molecule has 1 unspecified atom stereocenters. The Morgan fingerprint density at radius 2 is 1.81 bits per heavy atom. The van der Waals surface area contributed by atoms with Gasteiger partial charge in [0.05, 0.1) is 5.52 Å². The molecule has 0 spiro atoms. The van der Waals surface area contributed by atoms with Gasteiger partial charge in [0.25, 0.3) is 0 Å². The first-order valence-corrected chi connectivity index (χ1v) is 10.2. The van der Waals surface area contributed by atoms with Gasteiger partial charge in [0.15, 0.2) is 6.29 Å². The number of rotatable bonds is 9. The summed E-state index contributed by atoms with van der Waals surface area (Å²) in [4.78, 5) is 15.7. The SMILES string of the molecule is CCCCC(CC)CCc1ccc(-c2ccc(C=O)c3ncccc23)cc1. The molecule has 0 saturated carbocycles. The van der Waals surface area contributed by atoms with Crippen LogP contribution in [0.4, 0.5) is 0 Å². The first-order chi connectivity index (χ1) is 13.3. The van der Waals surface area contributed by atoms with Crippen LogP contribution in [0.1, 0.15) is 61.9 Å². The molecule has 0 aliphatic carbocycles. The number of aromatic nitrogens is 1. The molecule has 0 aliphatic rings. The van der Waals surface area contributed by atoms with E-state index in [0.717, 1.165) is 35.1 Å². The second-order valence-corrected chi connectivity index (χ2v) is 7.37. The molecule has 0 radical (unpaired) electrons. The van der Waals surface area contributed by atoms with Gasteiger partial charge in [0, 0.05) is 17.1 Å². The minimum atomic E-state index is 0.642. The molecule has 2 aromatic carbocycles. The summed E-state index contributed by atoms with van der Waals surface area (Å²) in [5.41, 5.74) is 5.12.